The number of allylic oxidation sites excluding steroid dienone is 4. The van der Waals surface area contributed by atoms with Crippen molar-refractivity contribution in [1.82, 2.24) is 0 Å². The fraction of sp³-hybridized carbons (Fsp3) is 0.886. The van der Waals surface area contributed by atoms with Crippen molar-refractivity contribution in [1.29, 1.82) is 0 Å². The Morgan fingerprint density at radius 1 is 0.902 bits per heavy atom. The Hall–Kier alpha value is -0.760. The van der Waals surface area contributed by atoms with E-state index in [-0.39, 0.29) is 11.5 Å². The second kappa shape index (κ2) is 12.3. The van der Waals surface area contributed by atoms with Crippen molar-refractivity contribution in [2.75, 3.05) is 6.61 Å². The maximum Gasteiger partial charge on any atom is 0.186 e. The summed E-state index contributed by atoms with van der Waals surface area (Å²) in [7, 11) is 0. The summed E-state index contributed by atoms with van der Waals surface area (Å²) < 4.78 is 11.9. The highest BCUT2D eigenvalue weighted by molar-refractivity contribution is 5.19. The van der Waals surface area contributed by atoms with Gasteiger partial charge in [0.25, 0.3) is 0 Å². The van der Waals surface area contributed by atoms with Gasteiger partial charge in [-0.3, -0.25) is 0 Å². The normalized spacial score (nSPS) is 49.5. The van der Waals surface area contributed by atoms with Crippen molar-refractivity contribution >= 4 is 0 Å². The minimum Gasteiger partial charge on any atom is -0.394 e. The van der Waals surface area contributed by atoms with Gasteiger partial charge in [-0.15, -0.1) is 0 Å². The van der Waals surface area contributed by atoms with Crippen LogP contribution in [0.4, 0.5) is 0 Å². The molecule has 6 nitrogen and oxygen atoms in total. The van der Waals surface area contributed by atoms with E-state index in [2.05, 4.69) is 65.8 Å². The molecular weight excluding hydrogens is 516 g/mol. The SMILES string of the molecule is CCC(C=CC(C)C1CCC2C3C=CC4CC(OC5OC(CO)C(O)C(O)C5O)CCC4(C)C3CCC12C)C(C)C. The first kappa shape index (κ1) is 31.7. The minimum atomic E-state index is -1.40. The van der Waals surface area contributed by atoms with Gasteiger partial charge >= 0.3 is 0 Å². The predicted octanol–water partition coefficient (Wildman–Crippen LogP) is 5.48. The van der Waals surface area contributed by atoms with Crippen molar-refractivity contribution in [3.8, 4) is 0 Å². The molecule has 0 aromatic carbocycles. The Morgan fingerprint density at radius 2 is 1.61 bits per heavy atom. The number of ether oxygens (including phenoxy) is 2. The summed E-state index contributed by atoms with van der Waals surface area (Å²) in [5.41, 5.74) is 0.645. The molecule has 0 aromatic rings. The first-order valence-electron chi connectivity index (χ1n) is 16.8. The molecule has 0 spiro atoms. The van der Waals surface area contributed by atoms with Crippen LogP contribution in [0.3, 0.4) is 0 Å². The maximum atomic E-state index is 10.5. The van der Waals surface area contributed by atoms with Gasteiger partial charge in [0, 0.05) is 0 Å². The Balaban J connectivity index is 1.26. The molecule has 4 N–H and O–H groups in total. The van der Waals surface area contributed by atoms with E-state index in [4.69, 9.17) is 9.47 Å². The fourth-order valence-electron chi connectivity index (χ4n) is 10.3. The summed E-state index contributed by atoms with van der Waals surface area (Å²) in [6.07, 6.45) is 13.3. The van der Waals surface area contributed by atoms with Crippen molar-refractivity contribution in [2.45, 2.75) is 130 Å². The second-order valence-electron chi connectivity index (χ2n) is 15.3. The Labute approximate surface area is 248 Å². The Bertz CT molecular complexity index is 947. The Kier molecular flexibility index (Phi) is 9.51. The second-order valence-corrected chi connectivity index (χ2v) is 15.3. The first-order chi connectivity index (χ1) is 19.4. The van der Waals surface area contributed by atoms with E-state index in [1.54, 1.807) is 0 Å². The average Bonchev–Trinajstić information content (AvgIpc) is 3.30. The third-order valence-corrected chi connectivity index (χ3v) is 13.0. The lowest BCUT2D eigenvalue weighted by molar-refractivity contribution is -0.315. The molecule has 4 fully saturated rings. The van der Waals surface area contributed by atoms with E-state index in [1.807, 2.05) is 0 Å². The highest BCUT2D eigenvalue weighted by Gasteiger charge is 2.59. The van der Waals surface area contributed by atoms with Gasteiger partial charge in [0.2, 0.25) is 0 Å². The minimum absolute atomic E-state index is 0.0918. The van der Waals surface area contributed by atoms with Gasteiger partial charge in [0.15, 0.2) is 6.29 Å². The predicted molar refractivity (Wildman–Crippen MR) is 161 cm³/mol. The summed E-state index contributed by atoms with van der Waals surface area (Å²) in [5, 5.41) is 40.4. The molecule has 234 valence electrons. The first-order valence-corrected chi connectivity index (χ1v) is 16.8. The summed E-state index contributed by atoms with van der Waals surface area (Å²) in [6, 6.07) is 0. The van der Waals surface area contributed by atoms with Crippen molar-refractivity contribution in [2.24, 2.45) is 58.2 Å². The molecule has 4 aliphatic carbocycles. The van der Waals surface area contributed by atoms with Crippen LogP contribution in [-0.2, 0) is 9.47 Å². The molecular formula is C35H58O6. The summed E-state index contributed by atoms with van der Waals surface area (Å²) in [5.74, 6) is 5.28. The monoisotopic (exact) mass is 574 g/mol. The number of hydrogen-bond acceptors (Lipinski definition) is 6. The summed E-state index contributed by atoms with van der Waals surface area (Å²) in [6.45, 7) is 14.2. The van der Waals surface area contributed by atoms with Crippen molar-refractivity contribution in [3.63, 3.8) is 0 Å². The van der Waals surface area contributed by atoms with Crippen LogP contribution in [0.5, 0.6) is 0 Å². The van der Waals surface area contributed by atoms with Crippen LogP contribution in [0.1, 0.15) is 92.9 Å². The standard InChI is InChI=1S/C35H58O6/c1-7-22(20(2)3)9-8-21(4)26-12-13-27-25-11-10-23-18-24(14-16-34(23,5)28(25)15-17-35(26,27)6)40-33-32(39)31(38)30(37)29(19-36)41-33/h8-11,20-33,36-39H,7,12-19H2,1-6H3. The van der Waals surface area contributed by atoms with E-state index in [0.717, 1.165) is 31.1 Å². The lowest BCUT2D eigenvalue weighted by Crippen LogP contribution is -2.60. The molecule has 5 rings (SSSR count). The van der Waals surface area contributed by atoms with Crippen molar-refractivity contribution < 1.29 is 29.9 Å². The zero-order chi connectivity index (χ0) is 29.7. The number of hydrogen-bond donors (Lipinski definition) is 4. The van der Waals surface area contributed by atoms with Crippen LogP contribution in [0.2, 0.25) is 0 Å². The maximum absolute atomic E-state index is 10.5. The van der Waals surface area contributed by atoms with Crippen LogP contribution >= 0.6 is 0 Å². The number of aliphatic hydroxyl groups is 4. The van der Waals surface area contributed by atoms with Crippen LogP contribution in [0.15, 0.2) is 24.3 Å². The van der Waals surface area contributed by atoms with Crippen LogP contribution < -0.4 is 0 Å². The highest BCUT2D eigenvalue weighted by atomic mass is 16.7. The molecule has 1 heterocycles. The third-order valence-electron chi connectivity index (χ3n) is 13.0. The van der Waals surface area contributed by atoms with Gasteiger partial charge in [0.05, 0.1) is 12.7 Å². The molecule has 5 aliphatic rings. The molecule has 1 saturated heterocycles. The van der Waals surface area contributed by atoms with E-state index in [0.29, 0.717) is 40.9 Å². The molecule has 0 aromatic heterocycles. The van der Waals surface area contributed by atoms with Gasteiger partial charge < -0.3 is 29.9 Å². The fourth-order valence-corrected chi connectivity index (χ4v) is 10.3. The van der Waals surface area contributed by atoms with Crippen molar-refractivity contribution in [3.05, 3.63) is 24.3 Å². The van der Waals surface area contributed by atoms with Crippen LogP contribution in [0, 0.1) is 58.2 Å². The zero-order valence-corrected chi connectivity index (χ0v) is 26.4. The largest absolute Gasteiger partial charge is 0.394 e. The van der Waals surface area contributed by atoms with E-state index in [9.17, 15) is 20.4 Å². The van der Waals surface area contributed by atoms with E-state index in [1.165, 1.54) is 32.1 Å². The van der Waals surface area contributed by atoms with Crippen LogP contribution in [0.25, 0.3) is 0 Å². The number of aliphatic hydroxyl groups excluding tert-OH is 4. The molecule has 3 saturated carbocycles. The molecule has 0 radical (unpaired) electrons. The molecule has 15 unspecified atom stereocenters. The van der Waals surface area contributed by atoms with Gasteiger partial charge in [-0.05, 0) is 110 Å². The molecule has 1 aliphatic heterocycles. The number of fused-ring (bicyclic) bond motifs is 5. The smallest absolute Gasteiger partial charge is 0.186 e. The van der Waals surface area contributed by atoms with E-state index < -0.39 is 37.3 Å². The summed E-state index contributed by atoms with van der Waals surface area (Å²) in [4.78, 5) is 0. The van der Waals surface area contributed by atoms with Gasteiger partial charge in [0.1, 0.15) is 24.4 Å². The lowest BCUT2D eigenvalue weighted by atomic mass is 9.46. The lowest BCUT2D eigenvalue weighted by Gasteiger charge is -2.59. The molecule has 15 atom stereocenters. The van der Waals surface area contributed by atoms with Gasteiger partial charge in [-0.2, -0.15) is 0 Å². The zero-order valence-electron chi connectivity index (χ0n) is 26.4. The average molecular weight is 575 g/mol. The number of rotatable bonds is 8. The van der Waals surface area contributed by atoms with Gasteiger partial charge in [-0.1, -0.05) is 65.8 Å². The summed E-state index contributed by atoms with van der Waals surface area (Å²) >= 11 is 0. The Morgan fingerprint density at radius 3 is 2.29 bits per heavy atom. The van der Waals surface area contributed by atoms with E-state index >= 15 is 0 Å². The van der Waals surface area contributed by atoms with Gasteiger partial charge in [-0.25, -0.2) is 0 Å². The molecule has 0 amide bonds. The quantitative estimate of drug-likeness (QED) is 0.287. The molecule has 6 heteroatoms. The molecule has 41 heavy (non-hydrogen) atoms. The third kappa shape index (κ3) is 5.64. The highest BCUT2D eigenvalue weighted by Crippen LogP contribution is 2.67. The molecule has 0 bridgehead atoms. The van der Waals surface area contributed by atoms with Crippen LogP contribution in [-0.4, -0.2) is 63.8 Å². The topological polar surface area (TPSA) is 99.4 Å².